The van der Waals surface area contributed by atoms with Gasteiger partial charge >= 0.3 is 0 Å². The fraction of sp³-hybridized carbons (Fsp3) is 0.407. The molecule has 2 fully saturated rings. The van der Waals surface area contributed by atoms with Crippen molar-refractivity contribution in [2.45, 2.75) is 31.7 Å². The van der Waals surface area contributed by atoms with Gasteiger partial charge in [-0.25, -0.2) is 4.90 Å². The number of likely N-dealkylation sites (N-methyl/N-ethyl adjacent to an activating group) is 1. The van der Waals surface area contributed by atoms with Crippen molar-refractivity contribution >= 4 is 28.8 Å². The van der Waals surface area contributed by atoms with Gasteiger partial charge in [-0.05, 0) is 75.6 Å². The van der Waals surface area contributed by atoms with Crippen molar-refractivity contribution in [1.82, 2.24) is 9.80 Å². The van der Waals surface area contributed by atoms with Crippen molar-refractivity contribution in [3.63, 3.8) is 0 Å². The molecule has 0 atom stereocenters. The first-order valence-corrected chi connectivity index (χ1v) is 12.0. The lowest BCUT2D eigenvalue weighted by Crippen LogP contribution is -2.43. The minimum absolute atomic E-state index is 0.228. The van der Waals surface area contributed by atoms with Crippen LogP contribution in [0, 0.1) is 0 Å². The Labute approximate surface area is 196 Å². The van der Waals surface area contributed by atoms with Crippen LogP contribution in [0.25, 0.3) is 5.57 Å². The third-order valence-corrected chi connectivity index (χ3v) is 7.29. The molecule has 0 bridgehead atoms. The van der Waals surface area contributed by atoms with E-state index in [0.29, 0.717) is 17.0 Å². The fourth-order valence-corrected chi connectivity index (χ4v) is 5.30. The largest absolute Gasteiger partial charge is 0.372 e. The number of likely N-dealkylation sites (tertiary alicyclic amines) is 1. The Kier molecular flexibility index (Phi) is 5.94. The molecule has 6 nitrogen and oxygen atoms in total. The van der Waals surface area contributed by atoms with Gasteiger partial charge in [-0.15, -0.1) is 0 Å². The predicted molar refractivity (Wildman–Crippen MR) is 132 cm³/mol. The second-order valence-electron chi connectivity index (χ2n) is 9.39. The molecule has 3 aliphatic rings. The van der Waals surface area contributed by atoms with Gasteiger partial charge in [-0.1, -0.05) is 30.3 Å². The monoisotopic (exact) mass is 444 g/mol. The number of hydrogen-bond acceptors (Lipinski definition) is 5. The van der Waals surface area contributed by atoms with Crippen molar-refractivity contribution in [3.05, 3.63) is 65.9 Å². The van der Waals surface area contributed by atoms with E-state index >= 15 is 0 Å². The Morgan fingerprint density at radius 2 is 1.39 bits per heavy atom. The fourth-order valence-electron chi connectivity index (χ4n) is 5.30. The van der Waals surface area contributed by atoms with Gasteiger partial charge in [0.1, 0.15) is 5.70 Å². The number of nitrogens with zero attached hydrogens (tertiary/aromatic N) is 4. The van der Waals surface area contributed by atoms with Crippen LogP contribution >= 0.6 is 0 Å². The Morgan fingerprint density at radius 1 is 0.788 bits per heavy atom. The third kappa shape index (κ3) is 4.04. The molecule has 0 aromatic heterocycles. The lowest BCUT2D eigenvalue weighted by atomic mass is 10.0. The number of rotatable bonds is 5. The molecule has 2 amide bonds. The van der Waals surface area contributed by atoms with Gasteiger partial charge < -0.3 is 14.7 Å². The number of piperidine rings is 1. The number of carbonyl (C=O) groups excluding carboxylic acids is 2. The molecule has 172 valence electrons. The van der Waals surface area contributed by atoms with E-state index in [4.69, 9.17) is 0 Å². The van der Waals surface area contributed by atoms with E-state index in [-0.39, 0.29) is 17.9 Å². The summed E-state index contributed by atoms with van der Waals surface area (Å²) in [7, 11) is 4.10. The van der Waals surface area contributed by atoms with E-state index in [1.54, 1.807) is 0 Å². The Morgan fingerprint density at radius 3 is 2.03 bits per heavy atom. The summed E-state index contributed by atoms with van der Waals surface area (Å²) >= 11 is 0. The highest BCUT2D eigenvalue weighted by Gasteiger charge is 2.43. The summed E-state index contributed by atoms with van der Waals surface area (Å²) in [5.41, 5.74) is 3.60. The van der Waals surface area contributed by atoms with Gasteiger partial charge in [-0.2, -0.15) is 0 Å². The lowest BCUT2D eigenvalue weighted by Gasteiger charge is -2.36. The van der Waals surface area contributed by atoms with Crippen molar-refractivity contribution in [3.8, 4) is 0 Å². The van der Waals surface area contributed by atoms with Gasteiger partial charge in [0.2, 0.25) is 0 Å². The van der Waals surface area contributed by atoms with Crippen LogP contribution in [0.4, 0.5) is 11.4 Å². The van der Waals surface area contributed by atoms with E-state index < -0.39 is 0 Å². The second kappa shape index (κ2) is 9.02. The number of imide groups is 1. The van der Waals surface area contributed by atoms with Crippen LogP contribution in [-0.4, -0.2) is 67.9 Å². The van der Waals surface area contributed by atoms with Crippen molar-refractivity contribution in [2.24, 2.45) is 0 Å². The first-order chi connectivity index (χ1) is 16.0. The molecule has 3 heterocycles. The van der Waals surface area contributed by atoms with Crippen LogP contribution in [0.3, 0.4) is 0 Å². The molecule has 0 radical (unpaired) electrons. The van der Waals surface area contributed by atoms with Gasteiger partial charge in [0, 0.05) is 31.9 Å². The zero-order valence-corrected chi connectivity index (χ0v) is 19.5. The Balaban J connectivity index is 1.49. The summed E-state index contributed by atoms with van der Waals surface area (Å²) in [6.07, 6.45) is 4.37. The van der Waals surface area contributed by atoms with Crippen LogP contribution in [0.2, 0.25) is 0 Å². The van der Waals surface area contributed by atoms with E-state index in [0.717, 1.165) is 50.3 Å². The maximum atomic E-state index is 13.8. The van der Waals surface area contributed by atoms with E-state index in [1.165, 1.54) is 17.7 Å². The number of anilines is 2. The maximum Gasteiger partial charge on any atom is 0.282 e. The number of carbonyl (C=O) groups is 2. The molecule has 0 spiro atoms. The topological polar surface area (TPSA) is 47.1 Å². The van der Waals surface area contributed by atoms with E-state index in [2.05, 4.69) is 21.7 Å². The maximum absolute atomic E-state index is 13.8. The minimum Gasteiger partial charge on any atom is -0.372 e. The first kappa shape index (κ1) is 21.7. The molecule has 0 N–H and O–H groups in total. The average molecular weight is 445 g/mol. The van der Waals surface area contributed by atoms with Crippen LogP contribution < -0.4 is 9.80 Å². The first-order valence-electron chi connectivity index (χ1n) is 12.0. The molecule has 5 rings (SSSR count). The molecule has 2 aromatic carbocycles. The SMILES string of the molecule is CN1CCC(N(C)C2=C(c3ccccc3)C(=O)N(c3ccc(N4CCCC4)cc3)C2=O)CC1. The number of benzene rings is 2. The smallest absolute Gasteiger partial charge is 0.282 e. The van der Waals surface area contributed by atoms with Crippen LogP contribution in [-0.2, 0) is 9.59 Å². The molecule has 6 heteroatoms. The zero-order chi connectivity index (χ0) is 22.9. The molecule has 0 saturated carbocycles. The molecular weight excluding hydrogens is 412 g/mol. The molecule has 2 saturated heterocycles. The molecule has 0 aliphatic carbocycles. The highest BCUT2D eigenvalue weighted by atomic mass is 16.2. The highest BCUT2D eigenvalue weighted by Crippen LogP contribution is 2.36. The van der Waals surface area contributed by atoms with Crippen molar-refractivity contribution in [2.75, 3.05) is 50.1 Å². The second-order valence-corrected chi connectivity index (χ2v) is 9.39. The summed E-state index contributed by atoms with van der Waals surface area (Å²) in [4.78, 5) is 35.6. The van der Waals surface area contributed by atoms with Gasteiger partial charge in [-0.3, -0.25) is 9.59 Å². The standard InChI is InChI=1S/C27H32N4O2/c1-28-18-14-21(15-19-28)29(2)25-24(20-8-4-3-5-9-20)26(32)31(27(25)33)23-12-10-22(11-13-23)30-16-6-7-17-30/h3-5,8-13,21H,6-7,14-19H2,1-2H3. The summed E-state index contributed by atoms with van der Waals surface area (Å²) in [5, 5.41) is 0. The van der Waals surface area contributed by atoms with Crippen molar-refractivity contribution < 1.29 is 9.59 Å². The van der Waals surface area contributed by atoms with Crippen LogP contribution in [0.5, 0.6) is 0 Å². The Bertz CT molecular complexity index is 1050. The van der Waals surface area contributed by atoms with Gasteiger partial charge in [0.25, 0.3) is 11.8 Å². The summed E-state index contributed by atoms with van der Waals surface area (Å²) in [5.74, 6) is -0.468. The number of hydrogen-bond donors (Lipinski definition) is 0. The molecule has 0 unspecified atom stereocenters. The van der Waals surface area contributed by atoms with Crippen molar-refractivity contribution in [1.29, 1.82) is 0 Å². The molecule has 33 heavy (non-hydrogen) atoms. The third-order valence-electron chi connectivity index (χ3n) is 7.29. The lowest BCUT2D eigenvalue weighted by molar-refractivity contribution is -0.120. The number of amides is 2. The summed E-state index contributed by atoms with van der Waals surface area (Å²) < 4.78 is 0. The minimum atomic E-state index is -0.241. The quantitative estimate of drug-likeness (QED) is 0.660. The van der Waals surface area contributed by atoms with Gasteiger partial charge in [0.05, 0.1) is 11.3 Å². The predicted octanol–water partition coefficient (Wildman–Crippen LogP) is 3.60. The zero-order valence-electron chi connectivity index (χ0n) is 19.5. The molecule has 2 aromatic rings. The van der Waals surface area contributed by atoms with Gasteiger partial charge in [0.15, 0.2) is 0 Å². The van der Waals surface area contributed by atoms with E-state index in [9.17, 15) is 9.59 Å². The van der Waals surface area contributed by atoms with E-state index in [1.807, 2.05) is 61.6 Å². The van der Waals surface area contributed by atoms with Crippen LogP contribution in [0.15, 0.2) is 60.3 Å². The Hall–Kier alpha value is -3.12. The highest BCUT2D eigenvalue weighted by molar-refractivity contribution is 6.45. The normalized spacial score (nSPS) is 20.3. The average Bonchev–Trinajstić information content (AvgIpc) is 3.46. The van der Waals surface area contributed by atoms with Crippen LogP contribution in [0.1, 0.15) is 31.2 Å². The molecular formula is C27H32N4O2. The summed E-state index contributed by atoms with van der Waals surface area (Å²) in [6.45, 7) is 4.11. The summed E-state index contributed by atoms with van der Waals surface area (Å²) in [6, 6.07) is 17.7. The molecule has 3 aliphatic heterocycles.